The monoisotopic (exact) mass is 238 g/mol. The van der Waals surface area contributed by atoms with Crippen molar-refractivity contribution in [2.75, 3.05) is 7.11 Å². The van der Waals surface area contributed by atoms with Crippen LogP contribution in [0.25, 0.3) is 0 Å². The van der Waals surface area contributed by atoms with E-state index < -0.39 is 11.4 Å². The molecule has 2 nitrogen and oxygen atoms in total. The van der Waals surface area contributed by atoms with Gasteiger partial charge in [0.2, 0.25) is 0 Å². The van der Waals surface area contributed by atoms with E-state index in [0.717, 1.165) is 25.7 Å². The summed E-state index contributed by atoms with van der Waals surface area (Å²) >= 11 is 0. The SMILES string of the molecule is CCC1CCCC1(O)c1ccc(OC)c(F)c1. The summed E-state index contributed by atoms with van der Waals surface area (Å²) in [6.45, 7) is 2.07. The Bertz CT molecular complexity index is 405. The van der Waals surface area contributed by atoms with Crippen LogP contribution in [0.3, 0.4) is 0 Å². The average Bonchev–Trinajstić information content (AvgIpc) is 2.71. The molecular formula is C14H19FO2. The van der Waals surface area contributed by atoms with Crippen molar-refractivity contribution in [1.29, 1.82) is 0 Å². The molecule has 2 atom stereocenters. The third kappa shape index (κ3) is 2.04. The smallest absolute Gasteiger partial charge is 0.165 e. The average molecular weight is 238 g/mol. The van der Waals surface area contributed by atoms with Crippen molar-refractivity contribution in [3.05, 3.63) is 29.6 Å². The molecule has 0 aromatic heterocycles. The predicted octanol–water partition coefficient (Wildman–Crippen LogP) is 3.23. The molecule has 0 heterocycles. The Labute approximate surface area is 101 Å². The molecule has 1 aliphatic rings. The number of hydrogen-bond donors (Lipinski definition) is 1. The molecule has 1 aromatic carbocycles. The zero-order valence-corrected chi connectivity index (χ0v) is 10.4. The fourth-order valence-electron chi connectivity index (χ4n) is 2.92. The number of halogens is 1. The van der Waals surface area contributed by atoms with Gasteiger partial charge in [0.1, 0.15) is 0 Å². The quantitative estimate of drug-likeness (QED) is 0.876. The van der Waals surface area contributed by atoms with Crippen LogP contribution in [0.4, 0.5) is 4.39 Å². The van der Waals surface area contributed by atoms with E-state index in [9.17, 15) is 9.50 Å². The van der Waals surface area contributed by atoms with Gasteiger partial charge in [-0.25, -0.2) is 4.39 Å². The Kier molecular flexibility index (Phi) is 3.38. The van der Waals surface area contributed by atoms with Crippen LogP contribution < -0.4 is 4.74 Å². The highest BCUT2D eigenvalue weighted by molar-refractivity contribution is 5.33. The molecule has 2 rings (SSSR count). The van der Waals surface area contributed by atoms with Crippen molar-refractivity contribution >= 4 is 0 Å². The Morgan fingerprint density at radius 2 is 2.29 bits per heavy atom. The third-order valence-corrected chi connectivity index (χ3v) is 3.93. The molecular weight excluding hydrogens is 219 g/mol. The molecule has 0 bridgehead atoms. The Hall–Kier alpha value is -1.09. The molecule has 1 fully saturated rings. The van der Waals surface area contributed by atoms with Crippen molar-refractivity contribution in [3.8, 4) is 5.75 Å². The molecule has 17 heavy (non-hydrogen) atoms. The fourth-order valence-corrected chi connectivity index (χ4v) is 2.92. The Balaban J connectivity index is 2.36. The van der Waals surface area contributed by atoms with Crippen LogP contribution in [-0.2, 0) is 5.60 Å². The molecule has 3 heteroatoms. The fraction of sp³-hybridized carbons (Fsp3) is 0.571. The van der Waals surface area contributed by atoms with Crippen LogP contribution >= 0.6 is 0 Å². The van der Waals surface area contributed by atoms with E-state index in [0.29, 0.717) is 5.56 Å². The van der Waals surface area contributed by atoms with E-state index in [1.165, 1.54) is 13.2 Å². The third-order valence-electron chi connectivity index (χ3n) is 3.93. The number of hydrogen-bond acceptors (Lipinski definition) is 2. The first-order valence-corrected chi connectivity index (χ1v) is 6.18. The second-order valence-electron chi connectivity index (χ2n) is 4.77. The van der Waals surface area contributed by atoms with E-state index in [2.05, 4.69) is 6.92 Å². The Morgan fingerprint density at radius 1 is 1.53 bits per heavy atom. The van der Waals surface area contributed by atoms with E-state index in [1.54, 1.807) is 12.1 Å². The van der Waals surface area contributed by atoms with Crippen LogP contribution in [0.1, 0.15) is 38.2 Å². The largest absolute Gasteiger partial charge is 0.494 e. The molecule has 94 valence electrons. The van der Waals surface area contributed by atoms with Gasteiger partial charge in [0.15, 0.2) is 11.6 Å². The molecule has 0 amide bonds. The normalized spacial score (nSPS) is 28.4. The van der Waals surface area contributed by atoms with Crippen LogP contribution in [-0.4, -0.2) is 12.2 Å². The maximum absolute atomic E-state index is 13.7. The minimum Gasteiger partial charge on any atom is -0.494 e. The molecule has 1 N–H and O–H groups in total. The highest BCUT2D eigenvalue weighted by Crippen LogP contribution is 2.45. The topological polar surface area (TPSA) is 29.5 Å². The van der Waals surface area contributed by atoms with Crippen LogP contribution in [0.15, 0.2) is 18.2 Å². The van der Waals surface area contributed by atoms with E-state index >= 15 is 0 Å². The molecule has 1 saturated carbocycles. The van der Waals surface area contributed by atoms with Crippen molar-refractivity contribution in [2.24, 2.45) is 5.92 Å². The second kappa shape index (κ2) is 4.65. The van der Waals surface area contributed by atoms with Gasteiger partial charge >= 0.3 is 0 Å². The van der Waals surface area contributed by atoms with E-state index in [-0.39, 0.29) is 11.7 Å². The maximum Gasteiger partial charge on any atom is 0.165 e. The van der Waals surface area contributed by atoms with Gasteiger partial charge in [0.05, 0.1) is 12.7 Å². The van der Waals surface area contributed by atoms with Gasteiger partial charge in [-0.15, -0.1) is 0 Å². The maximum atomic E-state index is 13.7. The minimum absolute atomic E-state index is 0.225. The van der Waals surface area contributed by atoms with Crippen molar-refractivity contribution in [2.45, 2.75) is 38.2 Å². The van der Waals surface area contributed by atoms with Crippen molar-refractivity contribution < 1.29 is 14.2 Å². The summed E-state index contributed by atoms with van der Waals surface area (Å²) in [5.74, 6) is 0.0545. The van der Waals surface area contributed by atoms with E-state index in [1.807, 2.05) is 0 Å². The van der Waals surface area contributed by atoms with Crippen LogP contribution in [0, 0.1) is 11.7 Å². The van der Waals surface area contributed by atoms with Gasteiger partial charge in [-0.2, -0.15) is 0 Å². The number of ether oxygens (including phenoxy) is 1. The highest BCUT2D eigenvalue weighted by atomic mass is 19.1. The number of aliphatic hydroxyl groups is 1. The lowest BCUT2D eigenvalue weighted by atomic mass is 9.82. The molecule has 1 aromatic rings. The van der Waals surface area contributed by atoms with Gasteiger partial charge in [0, 0.05) is 0 Å². The first-order chi connectivity index (χ1) is 8.11. The summed E-state index contributed by atoms with van der Waals surface area (Å²) < 4.78 is 18.6. The first kappa shape index (κ1) is 12.4. The van der Waals surface area contributed by atoms with E-state index in [4.69, 9.17) is 4.74 Å². The highest BCUT2D eigenvalue weighted by Gasteiger charge is 2.41. The summed E-state index contributed by atoms with van der Waals surface area (Å²) in [4.78, 5) is 0. The summed E-state index contributed by atoms with van der Waals surface area (Å²) in [5.41, 5.74) is -0.179. The summed E-state index contributed by atoms with van der Waals surface area (Å²) in [6.07, 6.45) is 3.66. The zero-order chi connectivity index (χ0) is 12.5. The van der Waals surface area contributed by atoms with Crippen molar-refractivity contribution in [3.63, 3.8) is 0 Å². The van der Waals surface area contributed by atoms with Crippen LogP contribution in [0.5, 0.6) is 5.75 Å². The predicted molar refractivity (Wildman–Crippen MR) is 64.5 cm³/mol. The lowest BCUT2D eigenvalue weighted by molar-refractivity contribution is -0.00418. The van der Waals surface area contributed by atoms with Gasteiger partial charge in [-0.05, 0) is 42.9 Å². The zero-order valence-electron chi connectivity index (χ0n) is 10.4. The number of rotatable bonds is 3. The lowest BCUT2D eigenvalue weighted by Crippen LogP contribution is -2.29. The molecule has 0 spiro atoms. The summed E-state index contributed by atoms with van der Waals surface area (Å²) in [6, 6.07) is 4.77. The van der Waals surface area contributed by atoms with Gasteiger partial charge in [-0.3, -0.25) is 0 Å². The molecule has 2 unspecified atom stereocenters. The minimum atomic E-state index is -0.859. The standard InChI is InChI=1S/C14H19FO2/c1-3-10-5-4-8-14(10,16)11-6-7-13(17-2)12(15)9-11/h6-7,9-10,16H,3-5,8H2,1-2H3. The number of methoxy groups -OCH3 is 1. The molecule has 1 aliphatic carbocycles. The van der Waals surface area contributed by atoms with Gasteiger partial charge in [0.25, 0.3) is 0 Å². The second-order valence-corrected chi connectivity index (χ2v) is 4.77. The molecule has 0 radical (unpaired) electrons. The van der Waals surface area contributed by atoms with Gasteiger partial charge < -0.3 is 9.84 Å². The number of benzene rings is 1. The first-order valence-electron chi connectivity index (χ1n) is 6.18. The molecule has 0 aliphatic heterocycles. The van der Waals surface area contributed by atoms with Crippen molar-refractivity contribution in [1.82, 2.24) is 0 Å². The lowest BCUT2D eigenvalue weighted by Gasteiger charge is -2.30. The summed E-state index contributed by atoms with van der Waals surface area (Å²) in [7, 11) is 1.44. The van der Waals surface area contributed by atoms with Gasteiger partial charge in [-0.1, -0.05) is 19.4 Å². The molecule has 0 saturated heterocycles. The summed E-state index contributed by atoms with van der Waals surface area (Å²) in [5, 5.41) is 10.7. The van der Waals surface area contributed by atoms with Crippen LogP contribution in [0.2, 0.25) is 0 Å². The Morgan fingerprint density at radius 3 is 2.88 bits per heavy atom.